The van der Waals surface area contributed by atoms with E-state index in [0.717, 1.165) is 12.8 Å². The van der Waals surface area contributed by atoms with Gasteiger partial charge in [0.05, 0.1) is 6.54 Å². The first-order chi connectivity index (χ1) is 9.47. The summed E-state index contributed by atoms with van der Waals surface area (Å²) in [5, 5.41) is 0.436. The number of hydrogen-bond acceptors (Lipinski definition) is 2. The first kappa shape index (κ1) is 18.2. The van der Waals surface area contributed by atoms with E-state index in [1.54, 1.807) is 6.07 Å². The molecule has 0 saturated heterocycles. The number of alkyl halides is 2. The van der Waals surface area contributed by atoms with Gasteiger partial charge in [-0.05, 0) is 31.0 Å². The third kappa shape index (κ3) is 5.46. The molecule has 0 atom stereocenters. The maximum absolute atomic E-state index is 12.3. The van der Waals surface area contributed by atoms with Crippen LogP contribution in [0.15, 0.2) is 23.2 Å². The maximum Gasteiger partial charge on any atom is 0.387 e. The van der Waals surface area contributed by atoms with Gasteiger partial charge in [-0.2, -0.15) is 8.78 Å². The quantitative estimate of drug-likeness (QED) is 0.441. The molecule has 1 aromatic rings. The van der Waals surface area contributed by atoms with Crippen LogP contribution in [0.3, 0.4) is 0 Å². The molecule has 1 aromatic carbocycles. The molecule has 2 rings (SSSR count). The van der Waals surface area contributed by atoms with Crippen molar-refractivity contribution >= 4 is 41.5 Å². The van der Waals surface area contributed by atoms with Crippen LogP contribution in [0.4, 0.5) is 8.78 Å². The van der Waals surface area contributed by atoms with Crippen LogP contribution in [0, 0.1) is 0 Å². The second-order valence-electron chi connectivity index (χ2n) is 4.65. The molecule has 0 aliphatic heterocycles. The summed E-state index contributed by atoms with van der Waals surface area (Å²) in [6.45, 7) is -2.74. The van der Waals surface area contributed by atoms with E-state index >= 15 is 0 Å². The Hall–Kier alpha value is -0.830. The molecule has 0 aromatic heterocycles. The fourth-order valence-electron chi connectivity index (χ4n) is 1.81. The van der Waals surface area contributed by atoms with Crippen molar-refractivity contribution < 1.29 is 13.5 Å². The second kappa shape index (κ2) is 7.98. The van der Waals surface area contributed by atoms with Crippen LogP contribution >= 0.6 is 35.6 Å². The largest absolute Gasteiger partial charge is 0.434 e. The van der Waals surface area contributed by atoms with Crippen LogP contribution in [0.1, 0.15) is 18.4 Å². The molecular weight excluding hydrogens is 415 g/mol. The number of benzene rings is 1. The average molecular weight is 432 g/mol. The van der Waals surface area contributed by atoms with Gasteiger partial charge in [-0.25, -0.2) is 4.99 Å². The summed E-state index contributed by atoms with van der Waals surface area (Å²) in [5.74, 6) is 0.450. The minimum atomic E-state index is -2.88. The summed E-state index contributed by atoms with van der Waals surface area (Å²) >= 11 is 5.86. The number of guanidine groups is 1. The summed E-state index contributed by atoms with van der Waals surface area (Å²) in [6, 6.07) is 4.88. The average Bonchev–Trinajstić information content (AvgIpc) is 3.21. The Balaban J connectivity index is 0.00000220. The van der Waals surface area contributed by atoms with Gasteiger partial charge >= 0.3 is 6.61 Å². The Morgan fingerprint density at radius 2 is 2.19 bits per heavy atom. The van der Waals surface area contributed by atoms with Gasteiger partial charge in [-0.15, -0.1) is 24.0 Å². The minimum Gasteiger partial charge on any atom is -0.434 e. The second-order valence-corrected chi connectivity index (χ2v) is 5.08. The normalized spacial score (nSPS) is 14.8. The number of hydrogen-bond donors (Lipinski definition) is 1. The molecule has 0 unspecified atom stereocenters. The molecule has 118 valence electrons. The smallest absolute Gasteiger partial charge is 0.387 e. The Morgan fingerprint density at radius 1 is 1.52 bits per heavy atom. The van der Waals surface area contributed by atoms with Crippen molar-refractivity contribution in [1.29, 1.82) is 0 Å². The number of nitrogens with zero attached hydrogens (tertiary/aromatic N) is 2. The molecule has 1 saturated carbocycles. The van der Waals surface area contributed by atoms with Gasteiger partial charge < -0.3 is 15.4 Å². The number of aliphatic imine (C=N–C) groups is 1. The zero-order valence-electron chi connectivity index (χ0n) is 11.4. The predicted octanol–water partition coefficient (Wildman–Crippen LogP) is 3.47. The van der Waals surface area contributed by atoms with Crippen molar-refractivity contribution in [3.05, 3.63) is 28.8 Å². The highest BCUT2D eigenvalue weighted by atomic mass is 127. The minimum absolute atomic E-state index is 0. The monoisotopic (exact) mass is 431 g/mol. The number of rotatable bonds is 5. The van der Waals surface area contributed by atoms with E-state index in [4.69, 9.17) is 17.3 Å². The molecule has 21 heavy (non-hydrogen) atoms. The highest BCUT2D eigenvalue weighted by Crippen LogP contribution is 2.27. The van der Waals surface area contributed by atoms with Gasteiger partial charge in [0.25, 0.3) is 0 Å². The topological polar surface area (TPSA) is 50.8 Å². The predicted molar refractivity (Wildman–Crippen MR) is 89.6 cm³/mol. The number of halogens is 4. The number of nitrogens with two attached hydrogens (primary N) is 1. The van der Waals surface area contributed by atoms with E-state index < -0.39 is 6.61 Å². The van der Waals surface area contributed by atoms with Gasteiger partial charge in [0, 0.05) is 23.7 Å². The van der Waals surface area contributed by atoms with Crippen molar-refractivity contribution in [3.8, 4) is 5.75 Å². The lowest BCUT2D eigenvalue weighted by Gasteiger charge is -2.17. The van der Waals surface area contributed by atoms with Crippen molar-refractivity contribution in [3.63, 3.8) is 0 Å². The van der Waals surface area contributed by atoms with Crippen molar-refractivity contribution in [2.75, 3.05) is 7.05 Å². The maximum atomic E-state index is 12.3. The van der Waals surface area contributed by atoms with E-state index in [1.165, 1.54) is 12.1 Å². The van der Waals surface area contributed by atoms with Gasteiger partial charge in [-0.3, -0.25) is 0 Å². The van der Waals surface area contributed by atoms with Crippen LogP contribution < -0.4 is 10.5 Å². The van der Waals surface area contributed by atoms with E-state index in [1.807, 2.05) is 11.9 Å². The van der Waals surface area contributed by atoms with Gasteiger partial charge in [0.1, 0.15) is 5.75 Å². The molecule has 8 heteroatoms. The molecule has 0 heterocycles. The molecule has 0 amide bonds. The third-order valence-corrected chi connectivity index (χ3v) is 3.34. The number of ether oxygens (including phenoxy) is 1. The third-order valence-electron chi connectivity index (χ3n) is 3.11. The lowest BCUT2D eigenvalue weighted by atomic mass is 10.2. The van der Waals surface area contributed by atoms with Gasteiger partial charge in [-0.1, -0.05) is 11.6 Å². The molecule has 1 aliphatic carbocycles. The fraction of sp³-hybridized carbons (Fsp3) is 0.462. The standard InChI is InChI=1S/C13H16ClF2N3O.HI/c1-19(10-3-4-10)13(17)18-7-8-6-9(14)2-5-11(8)20-12(15)16;/h2,5-6,10,12H,3-4,7H2,1H3,(H2,17,18);1H. The molecular formula is C13H17ClF2IN3O. The van der Waals surface area contributed by atoms with Crippen LogP contribution in [0.5, 0.6) is 5.75 Å². The fourth-order valence-corrected chi connectivity index (χ4v) is 2.00. The summed E-state index contributed by atoms with van der Waals surface area (Å²) in [5.41, 5.74) is 6.33. The Morgan fingerprint density at radius 3 is 2.76 bits per heavy atom. The van der Waals surface area contributed by atoms with Crippen molar-refractivity contribution in [2.24, 2.45) is 10.7 Å². The van der Waals surface area contributed by atoms with Crippen LogP contribution in [0.25, 0.3) is 0 Å². The van der Waals surface area contributed by atoms with Gasteiger partial charge in [0.15, 0.2) is 5.96 Å². The molecule has 1 fully saturated rings. The van der Waals surface area contributed by atoms with Gasteiger partial charge in [0.2, 0.25) is 0 Å². The van der Waals surface area contributed by atoms with Crippen LogP contribution in [-0.4, -0.2) is 30.6 Å². The highest BCUT2D eigenvalue weighted by molar-refractivity contribution is 14.0. The Kier molecular flexibility index (Phi) is 6.92. The lowest BCUT2D eigenvalue weighted by molar-refractivity contribution is -0.0504. The van der Waals surface area contributed by atoms with E-state index in [9.17, 15) is 8.78 Å². The van der Waals surface area contributed by atoms with Crippen molar-refractivity contribution in [1.82, 2.24) is 4.90 Å². The molecule has 0 bridgehead atoms. The Bertz CT molecular complexity index is 512. The zero-order valence-corrected chi connectivity index (χ0v) is 14.5. The molecule has 1 aliphatic rings. The van der Waals surface area contributed by atoms with E-state index in [0.29, 0.717) is 22.6 Å². The van der Waals surface area contributed by atoms with Crippen LogP contribution in [-0.2, 0) is 6.54 Å². The summed E-state index contributed by atoms with van der Waals surface area (Å²) in [6.07, 6.45) is 2.20. The highest BCUT2D eigenvalue weighted by Gasteiger charge is 2.27. The SMILES string of the molecule is CN(C(N)=NCc1cc(Cl)ccc1OC(F)F)C1CC1.I. The Labute approximate surface area is 144 Å². The molecule has 0 radical (unpaired) electrons. The summed E-state index contributed by atoms with van der Waals surface area (Å²) in [7, 11) is 1.87. The molecule has 0 spiro atoms. The molecule has 2 N–H and O–H groups in total. The zero-order chi connectivity index (χ0) is 14.7. The summed E-state index contributed by atoms with van der Waals surface area (Å²) in [4.78, 5) is 6.09. The van der Waals surface area contributed by atoms with Crippen LogP contribution in [0.2, 0.25) is 5.02 Å². The molecule has 4 nitrogen and oxygen atoms in total. The lowest BCUT2D eigenvalue weighted by Crippen LogP contribution is -2.35. The first-order valence-electron chi connectivity index (χ1n) is 6.23. The van der Waals surface area contributed by atoms with E-state index in [-0.39, 0.29) is 36.3 Å². The first-order valence-corrected chi connectivity index (χ1v) is 6.61. The van der Waals surface area contributed by atoms with Crippen molar-refractivity contribution in [2.45, 2.75) is 32.0 Å². The van der Waals surface area contributed by atoms with E-state index in [2.05, 4.69) is 9.73 Å². The summed E-state index contributed by atoms with van der Waals surface area (Å²) < 4.78 is 29.1.